The molecule has 0 bridgehead atoms. The number of aromatic nitrogens is 2. The first-order valence-electron chi connectivity index (χ1n) is 8.93. The van der Waals surface area contributed by atoms with Crippen molar-refractivity contribution in [1.82, 2.24) is 9.38 Å². The summed E-state index contributed by atoms with van der Waals surface area (Å²) < 4.78 is 7.03. The van der Waals surface area contributed by atoms with E-state index in [2.05, 4.69) is 10.3 Å². The summed E-state index contributed by atoms with van der Waals surface area (Å²) >= 11 is 0. The van der Waals surface area contributed by atoms with Gasteiger partial charge in [-0.1, -0.05) is 36.4 Å². The van der Waals surface area contributed by atoms with Crippen molar-refractivity contribution in [1.29, 1.82) is 0 Å². The molecule has 0 aliphatic heterocycles. The molecule has 1 N–H and O–H groups in total. The Morgan fingerprint density at radius 3 is 2.68 bits per heavy atom. The number of nitrogens with zero attached hydrogens (tertiary/aromatic N) is 2. The summed E-state index contributed by atoms with van der Waals surface area (Å²) in [7, 11) is 0. The smallest absolute Gasteiger partial charge is 0.281 e. The number of amides is 1. The van der Waals surface area contributed by atoms with Crippen molar-refractivity contribution in [3.05, 3.63) is 82.4 Å². The van der Waals surface area contributed by atoms with E-state index in [1.54, 1.807) is 19.2 Å². The molecule has 0 fully saturated rings. The first-order chi connectivity index (χ1) is 13.5. The number of aryl methyl sites for hydroxylation is 2. The van der Waals surface area contributed by atoms with E-state index in [1.807, 2.05) is 55.5 Å². The molecular formula is C22H19N3O3. The number of rotatable bonds is 4. The van der Waals surface area contributed by atoms with Crippen molar-refractivity contribution < 1.29 is 9.53 Å². The molecule has 0 radical (unpaired) electrons. The molecule has 2 aromatic heterocycles. The molecule has 0 saturated carbocycles. The lowest BCUT2D eigenvalue weighted by molar-refractivity contribution is -0.118. The van der Waals surface area contributed by atoms with Gasteiger partial charge in [0.05, 0.1) is 5.69 Å². The van der Waals surface area contributed by atoms with Gasteiger partial charge >= 0.3 is 0 Å². The van der Waals surface area contributed by atoms with E-state index in [9.17, 15) is 9.59 Å². The average Bonchev–Trinajstić information content (AvgIpc) is 2.70. The van der Waals surface area contributed by atoms with E-state index in [4.69, 9.17) is 4.74 Å². The maximum absolute atomic E-state index is 12.7. The molecule has 4 rings (SSSR count). The van der Waals surface area contributed by atoms with Crippen molar-refractivity contribution in [2.45, 2.75) is 13.8 Å². The first-order valence-corrected chi connectivity index (χ1v) is 8.93. The maximum Gasteiger partial charge on any atom is 0.281 e. The van der Waals surface area contributed by atoms with Gasteiger partial charge in [-0.05, 0) is 48.4 Å². The van der Waals surface area contributed by atoms with Gasteiger partial charge in [-0.25, -0.2) is 4.98 Å². The second-order valence-corrected chi connectivity index (χ2v) is 6.61. The summed E-state index contributed by atoms with van der Waals surface area (Å²) in [4.78, 5) is 29.5. The summed E-state index contributed by atoms with van der Waals surface area (Å²) in [6, 6.07) is 17.2. The Labute approximate surface area is 161 Å². The zero-order chi connectivity index (χ0) is 19.7. The Morgan fingerprint density at radius 2 is 1.86 bits per heavy atom. The number of carbonyl (C=O) groups excluding carboxylic acids is 1. The number of anilines is 1. The summed E-state index contributed by atoms with van der Waals surface area (Å²) in [6.45, 7) is 3.39. The zero-order valence-electron chi connectivity index (χ0n) is 15.6. The second kappa shape index (κ2) is 7.15. The van der Waals surface area contributed by atoms with Crippen LogP contribution in [-0.4, -0.2) is 21.9 Å². The van der Waals surface area contributed by atoms with E-state index in [0.717, 1.165) is 16.3 Å². The largest absolute Gasteiger partial charge is 0.484 e. The van der Waals surface area contributed by atoms with Gasteiger partial charge in [0.2, 0.25) is 0 Å². The van der Waals surface area contributed by atoms with Crippen LogP contribution in [0.4, 0.5) is 5.69 Å². The molecule has 0 spiro atoms. The van der Waals surface area contributed by atoms with Crippen LogP contribution in [0.2, 0.25) is 0 Å². The number of benzene rings is 2. The fraction of sp³-hybridized carbons (Fsp3) is 0.136. The van der Waals surface area contributed by atoms with Crippen molar-refractivity contribution in [3.63, 3.8) is 0 Å². The van der Waals surface area contributed by atoms with Gasteiger partial charge in [-0.3, -0.25) is 14.0 Å². The van der Waals surface area contributed by atoms with Crippen molar-refractivity contribution in [3.8, 4) is 5.75 Å². The molecular weight excluding hydrogens is 354 g/mol. The molecule has 0 aliphatic rings. The molecule has 140 valence electrons. The first kappa shape index (κ1) is 17.7. The quantitative estimate of drug-likeness (QED) is 0.594. The summed E-state index contributed by atoms with van der Waals surface area (Å²) in [5.74, 6) is 0.178. The number of hydrogen-bond donors (Lipinski definition) is 1. The predicted molar refractivity (Wildman–Crippen MR) is 109 cm³/mol. The Hall–Kier alpha value is -3.67. The van der Waals surface area contributed by atoms with Crippen LogP contribution >= 0.6 is 0 Å². The lowest BCUT2D eigenvalue weighted by Crippen LogP contribution is -2.28. The molecule has 6 heteroatoms. The number of ether oxygens (including phenoxy) is 1. The highest BCUT2D eigenvalue weighted by atomic mass is 16.5. The Bertz CT molecular complexity index is 1260. The lowest BCUT2D eigenvalue weighted by atomic mass is 10.1. The summed E-state index contributed by atoms with van der Waals surface area (Å²) in [5, 5.41) is 4.77. The third kappa shape index (κ3) is 3.32. The van der Waals surface area contributed by atoms with E-state index < -0.39 is 5.91 Å². The van der Waals surface area contributed by atoms with Crippen LogP contribution in [0.15, 0.2) is 65.6 Å². The minimum absolute atomic E-state index is 0.162. The Balaban J connectivity index is 1.52. The van der Waals surface area contributed by atoms with Gasteiger partial charge < -0.3 is 10.1 Å². The Kier molecular flexibility index (Phi) is 4.53. The van der Waals surface area contributed by atoms with Gasteiger partial charge in [0.1, 0.15) is 17.1 Å². The van der Waals surface area contributed by atoms with Gasteiger partial charge in [0.15, 0.2) is 6.61 Å². The van der Waals surface area contributed by atoms with Crippen LogP contribution < -0.4 is 15.6 Å². The number of carbonyl (C=O) groups is 1. The number of fused-ring (bicyclic) bond motifs is 2. The second-order valence-electron chi connectivity index (χ2n) is 6.61. The van der Waals surface area contributed by atoms with Crippen molar-refractivity contribution in [2.24, 2.45) is 0 Å². The monoisotopic (exact) mass is 373 g/mol. The fourth-order valence-corrected chi connectivity index (χ4v) is 3.13. The highest BCUT2D eigenvalue weighted by Crippen LogP contribution is 2.20. The van der Waals surface area contributed by atoms with Gasteiger partial charge in [-0.2, -0.15) is 0 Å². The minimum atomic E-state index is -0.414. The highest BCUT2D eigenvalue weighted by Gasteiger charge is 2.14. The fourth-order valence-electron chi connectivity index (χ4n) is 3.13. The van der Waals surface area contributed by atoms with Crippen LogP contribution in [0, 0.1) is 13.8 Å². The van der Waals surface area contributed by atoms with Gasteiger partial charge in [-0.15, -0.1) is 0 Å². The van der Waals surface area contributed by atoms with Crippen LogP contribution in [-0.2, 0) is 4.79 Å². The van der Waals surface area contributed by atoms with E-state index in [-0.39, 0.29) is 17.9 Å². The van der Waals surface area contributed by atoms with Crippen molar-refractivity contribution in [2.75, 3.05) is 11.9 Å². The zero-order valence-corrected chi connectivity index (χ0v) is 15.6. The lowest BCUT2D eigenvalue weighted by Gasteiger charge is -2.11. The van der Waals surface area contributed by atoms with Crippen molar-refractivity contribution >= 4 is 28.0 Å². The number of hydrogen-bond acceptors (Lipinski definition) is 4. The topological polar surface area (TPSA) is 72.7 Å². The minimum Gasteiger partial charge on any atom is -0.484 e. The third-order valence-corrected chi connectivity index (χ3v) is 4.59. The van der Waals surface area contributed by atoms with E-state index >= 15 is 0 Å². The summed E-state index contributed by atoms with van der Waals surface area (Å²) in [6.07, 6.45) is 1.64. The predicted octanol–water partition coefficient (Wildman–Crippen LogP) is 3.48. The molecule has 0 aliphatic carbocycles. The average molecular weight is 373 g/mol. The van der Waals surface area contributed by atoms with Crippen LogP contribution in [0.5, 0.6) is 5.75 Å². The van der Waals surface area contributed by atoms with Crippen LogP contribution in [0.25, 0.3) is 16.4 Å². The SMILES string of the molecule is Cc1nc2c(C)cccn2c(=O)c1NC(=O)COc1ccc2ccccc2c1. The van der Waals surface area contributed by atoms with Crippen LogP contribution in [0.1, 0.15) is 11.3 Å². The highest BCUT2D eigenvalue weighted by molar-refractivity contribution is 5.92. The molecule has 0 atom stereocenters. The maximum atomic E-state index is 12.7. The summed E-state index contributed by atoms with van der Waals surface area (Å²) in [5.41, 5.74) is 1.79. The molecule has 0 unspecified atom stereocenters. The molecule has 4 aromatic rings. The van der Waals surface area contributed by atoms with E-state index in [0.29, 0.717) is 17.1 Å². The van der Waals surface area contributed by atoms with Crippen LogP contribution in [0.3, 0.4) is 0 Å². The van der Waals surface area contributed by atoms with Gasteiger partial charge in [0, 0.05) is 6.20 Å². The molecule has 1 amide bonds. The third-order valence-electron chi connectivity index (χ3n) is 4.59. The molecule has 0 saturated heterocycles. The standard InChI is InChI=1S/C22H19N3O3/c1-14-6-5-11-25-21(14)23-15(2)20(22(25)27)24-19(26)13-28-18-10-9-16-7-3-4-8-17(16)12-18/h3-12H,13H2,1-2H3,(H,24,26). The molecule has 28 heavy (non-hydrogen) atoms. The molecule has 6 nitrogen and oxygen atoms in total. The van der Waals surface area contributed by atoms with E-state index in [1.165, 1.54) is 4.40 Å². The molecule has 2 aromatic carbocycles. The number of nitrogens with one attached hydrogen (secondary N) is 1. The molecule has 2 heterocycles. The van der Waals surface area contributed by atoms with Gasteiger partial charge in [0.25, 0.3) is 11.5 Å². The Morgan fingerprint density at radius 1 is 1.07 bits per heavy atom. The number of pyridine rings is 1. The normalized spacial score (nSPS) is 10.9.